The lowest BCUT2D eigenvalue weighted by Crippen LogP contribution is -2.54. The van der Waals surface area contributed by atoms with E-state index in [9.17, 15) is 0 Å². The maximum Gasteiger partial charge on any atom is 0.0755 e. The van der Waals surface area contributed by atoms with Crippen LogP contribution in [0.25, 0.3) is 0 Å². The maximum absolute atomic E-state index is 4.38. The average Bonchev–Trinajstić information content (AvgIpc) is 2.28. The molecule has 3 atom stereocenters. The summed E-state index contributed by atoms with van der Waals surface area (Å²) < 4.78 is 0. The van der Waals surface area contributed by atoms with Gasteiger partial charge in [-0.3, -0.25) is 14.9 Å². The second-order valence-corrected chi connectivity index (χ2v) is 4.73. The molecule has 1 aliphatic heterocycles. The van der Waals surface area contributed by atoms with Crippen LogP contribution in [0.1, 0.15) is 32.5 Å². The lowest BCUT2D eigenvalue weighted by atomic mass is 10.1. The van der Waals surface area contributed by atoms with E-state index in [0.29, 0.717) is 18.1 Å². The number of nitrogens with one attached hydrogen (secondary N) is 1. The summed E-state index contributed by atoms with van der Waals surface area (Å²) in [5.41, 5.74) is 1.06. The average molecular weight is 220 g/mol. The van der Waals surface area contributed by atoms with Gasteiger partial charge < -0.3 is 5.32 Å². The first-order valence-corrected chi connectivity index (χ1v) is 5.93. The van der Waals surface area contributed by atoms with Crippen LogP contribution in [0, 0.1) is 0 Å². The van der Waals surface area contributed by atoms with Crippen LogP contribution in [0.2, 0.25) is 0 Å². The zero-order chi connectivity index (χ0) is 11.5. The Hall–Kier alpha value is -1.00. The molecule has 2 rings (SSSR count). The SMILES string of the molecule is CC1CN(C(C)c2cnccn2)CC(C)N1. The Morgan fingerprint density at radius 2 is 2.00 bits per heavy atom. The predicted molar refractivity (Wildman–Crippen MR) is 64.1 cm³/mol. The fourth-order valence-electron chi connectivity index (χ4n) is 2.40. The molecule has 3 unspecified atom stereocenters. The van der Waals surface area contributed by atoms with E-state index in [1.54, 1.807) is 12.4 Å². The molecule has 0 saturated carbocycles. The summed E-state index contributed by atoms with van der Waals surface area (Å²) in [4.78, 5) is 11.0. The molecule has 4 nitrogen and oxygen atoms in total. The van der Waals surface area contributed by atoms with Gasteiger partial charge >= 0.3 is 0 Å². The van der Waals surface area contributed by atoms with Gasteiger partial charge in [0.1, 0.15) is 0 Å². The molecular formula is C12H20N4. The van der Waals surface area contributed by atoms with E-state index >= 15 is 0 Å². The Morgan fingerprint density at radius 1 is 1.31 bits per heavy atom. The number of hydrogen-bond donors (Lipinski definition) is 1. The Morgan fingerprint density at radius 3 is 2.56 bits per heavy atom. The van der Waals surface area contributed by atoms with E-state index in [1.165, 1.54) is 0 Å². The van der Waals surface area contributed by atoms with Crippen molar-refractivity contribution in [3.05, 3.63) is 24.3 Å². The number of aromatic nitrogens is 2. The first-order valence-electron chi connectivity index (χ1n) is 5.93. The highest BCUT2D eigenvalue weighted by molar-refractivity contribution is 5.02. The first kappa shape index (κ1) is 11.5. The van der Waals surface area contributed by atoms with Crippen molar-refractivity contribution in [2.75, 3.05) is 13.1 Å². The number of piperazine rings is 1. The van der Waals surface area contributed by atoms with Crippen molar-refractivity contribution in [2.45, 2.75) is 38.9 Å². The third-order valence-electron chi connectivity index (χ3n) is 3.14. The third kappa shape index (κ3) is 2.57. The molecule has 1 aliphatic rings. The summed E-state index contributed by atoms with van der Waals surface area (Å²) in [5, 5.41) is 3.54. The van der Waals surface area contributed by atoms with Crippen molar-refractivity contribution in [2.24, 2.45) is 0 Å². The Labute approximate surface area is 97.1 Å². The van der Waals surface area contributed by atoms with E-state index in [0.717, 1.165) is 18.8 Å². The monoisotopic (exact) mass is 220 g/mol. The van der Waals surface area contributed by atoms with E-state index in [4.69, 9.17) is 0 Å². The van der Waals surface area contributed by atoms with Crippen molar-refractivity contribution < 1.29 is 0 Å². The van der Waals surface area contributed by atoms with Gasteiger partial charge in [0.25, 0.3) is 0 Å². The van der Waals surface area contributed by atoms with Crippen LogP contribution in [0.3, 0.4) is 0 Å². The van der Waals surface area contributed by atoms with Crippen molar-refractivity contribution in [3.8, 4) is 0 Å². The van der Waals surface area contributed by atoms with Gasteiger partial charge in [0.2, 0.25) is 0 Å². The third-order valence-corrected chi connectivity index (χ3v) is 3.14. The van der Waals surface area contributed by atoms with E-state index in [-0.39, 0.29) is 0 Å². The largest absolute Gasteiger partial charge is 0.309 e. The van der Waals surface area contributed by atoms with E-state index in [2.05, 4.69) is 41.0 Å². The van der Waals surface area contributed by atoms with E-state index in [1.807, 2.05) is 6.20 Å². The normalized spacial score (nSPS) is 28.9. The fraction of sp³-hybridized carbons (Fsp3) is 0.667. The molecule has 16 heavy (non-hydrogen) atoms. The summed E-state index contributed by atoms with van der Waals surface area (Å²) >= 11 is 0. The Bertz CT molecular complexity index is 317. The summed E-state index contributed by atoms with van der Waals surface area (Å²) in [7, 11) is 0. The lowest BCUT2D eigenvalue weighted by molar-refractivity contribution is 0.129. The van der Waals surface area contributed by atoms with Crippen molar-refractivity contribution >= 4 is 0 Å². The van der Waals surface area contributed by atoms with Crippen LogP contribution >= 0.6 is 0 Å². The minimum absolute atomic E-state index is 0.348. The molecule has 0 spiro atoms. The van der Waals surface area contributed by atoms with Gasteiger partial charge in [-0.2, -0.15) is 0 Å². The van der Waals surface area contributed by atoms with Crippen LogP contribution < -0.4 is 5.32 Å². The summed E-state index contributed by atoms with van der Waals surface area (Å²) in [6.07, 6.45) is 5.35. The van der Waals surface area contributed by atoms with Crippen molar-refractivity contribution in [3.63, 3.8) is 0 Å². The van der Waals surface area contributed by atoms with Gasteiger partial charge in [-0.1, -0.05) is 0 Å². The fourth-order valence-corrected chi connectivity index (χ4v) is 2.40. The molecule has 0 aliphatic carbocycles. The molecule has 4 heteroatoms. The summed E-state index contributed by atoms with van der Waals surface area (Å²) in [6.45, 7) is 8.80. The smallest absolute Gasteiger partial charge is 0.0755 e. The van der Waals surface area contributed by atoms with E-state index < -0.39 is 0 Å². The second-order valence-electron chi connectivity index (χ2n) is 4.73. The highest BCUT2D eigenvalue weighted by Gasteiger charge is 2.25. The molecule has 0 amide bonds. The van der Waals surface area contributed by atoms with Gasteiger partial charge in [0.05, 0.1) is 11.7 Å². The van der Waals surface area contributed by atoms with Gasteiger partial charge in [0.15, 0.2) is 0 Å². The number of rotatable bonds is 2. The quantitative estimate of drug-likeness (QED) is 0.813. The maximum atomic E-state index is 4.38. The molecular weight excluding hydrogens is 200 g/mol. The van der Waals surface area contributed by atoms with Crippen LogP contribution in [-0.2, 0) is 0 Å². The summed E-state index contributed by atoms with van der Waals surface area (Å²) in [6, 6.07) is 1.44. The molecule has 0 bridgehead atoms. The van der Waals surface area contributed by atoms with Gasteiger partial charge in [-0.25, -0.2) is 0 Å². The summed E-state index contributed by atoms with van der Waals surface area (Å²) in [5.74, 6) is 0. The van der Waals surface area contributed by atoms with Crippen molar-refractivity contribution in [1.29, 1.82) is 0 Å². The zero-order valence-electron chi connectivity index (χ0n) is 10.2. The van der Waals surface area contributed by atoms with Crippen LogP contribution in [0.15, 0.2) is 18.6 Å². The molecule has 1 fully saturated rings. The Balaban J connectivity index is 2.07. The number of nitrogens with zero attached hydrogens (tertiary/aromatic N) is 3. The molecule has 0 aromatic carbocycles. The van der Waals surface area contributed by atoms with Crippen LogP contribution in [0.4, 0.5) is 0 Å². The molecule has 1 aromatic rings. The molecule has 2 heterocycles. The van der Waals surface area contributed by atoms with Gasteiger partial charge in [-0.05, 0) is 20.8 Å². The van der Waals surface area contributed by atoms with Crippen molar-refractivity contribution in [1.82, 2.24) is 20.2 Å². The second kappa shape index (κ2) is 4.89. The minimum atomic E-state index is 0.348. The highest BCUT2D eigenvalue weighted by atomic mass is 15.2. The Kier molecular flexibility index (Phi) is 3.51. The van der Waals surface area contributed by atoms with Gasteiger partial charge in [-0.15, -0.1) is 0 Å². The van der Waals surface area contributed by atoms with Crippen LogP contribution in [-0.4, -0.2) is 40.0 Å². The molecule has 1 N–H and O–H groups in total. The zero-order valence-corrected chi connectivity index (χ0v) is 10.2. The molecule has 88 valence electrons. The highest BCUT2D eigenvalue weighted by Crippen LogP contribution is 2.19. The molecule has 1 aromatic heterocycles. The molecule has 0 radical (unpaired) electrons. The first-order chi connectivity index (χ1) is 7.66. The standard InChI is InChI=1S/C12H20N4/c1-9-7-16(8-10(2)15-9)11(3)12-6-13-4-5-14-12/h4-6,9-11,15H,7-8H2,1-3H3. The topological polar surface area (TPSA) is 41.1 Å². The van der Waals surface area contributed by atoms with Crippen LogP contribution in [0.5, 0.6) is 0 Å². The predicted octanol–water partition coefficient (Wildman–Crippen LogP) is 1.22. The minimum Gasteiger partial charge on any atom is -0.309 e. The number of hydrogen-bond acceptors (Lipinski definition) is 4. The van der Waals surface area contributed by atoms with Gasteiger partial charge in [0, 0.05) is 43.8 Å². The molecule has 1 saturated heterocycles. The lowest BCUT2D eigenvalue weighted by Gasteiger charge is -2.39.